The number of rotatable bonds is 8. The zero-order chi connectivity index (χ0) is 45.8. The summed E-state index contributed by atoms with van der Waals surface area (Å²) in [4.78, 5) is 10.5. The summed E-state index contributed by atoms with van der Waals surface area (Å²) < 4.78 is 10.7. The second-order valence-corrected chi connectivity index (χ2v) is 19.4. The Kier molecular flexibility index (Phi) is 12.1. The van der Waals surface area contributed by atoms with Gasteiger partial charge in [-0.05, 0) is 98.5 Å². The molecule has 7 aromatic carbocycles. The molecule has 1 N–H and O–H groups in total. The quantitative estimate of drug-likeness (QED) is 0.154. The molecule has 0 spiro atoms. The van der Waals surface area contributed by atoms with E-state index < -0.39 is 5.89 Å². The molecule has 2 aromatic heterocycles. The Bertz CT molecular complexity index is 3210. The average molecular weight is 1030 g/mol. The molecule has 5 heteroatoms. The molecule has 0 aliphatic heterocycles. The molecule has 0 radical (unpaired) electrons. The maximum absolute atomic E-state index is 12.4. The number of aromatic hydroxyl groups is 1. The Morgan fingerprint density at radius 1 is 0.600 bits per heavy atom. The Balaban J connectivity index is 0.00000592. The third kappa shape index (κ3) is 9.15. The van der Waals surface area contributed by atoms with Gasteiger partial charge in [0, 0.05) is 45.6 Å². The van der Waals surface area contributed by atoms with E-state index in [1.807, 2.05) is 50.4 Å². The van der Waals surface area contributed by atoms with E-state index in [1.165, 1.54) is 0 Å². The largest absolute Gasteiger partial charge is 0.507 e. The van der Waals surface area contributed by atoms with Gasteiger partial charge in [-0.1, -0.05) is 187 Å². The molecule has 9 aromatic rings. The van der Waals surface area contributed by atoms with Crippen LogP contribution in [0, 0.1) is 13.0 Å². The van der Waals surface area contributed by atoms with Gasteiger partial charge in [0.15, 0.2) is 0 Å². The van der Waals surface area contributed by atoms with E-state index in [4.69, 9.17) is 11.3 Å². The van der Waals surface area contributed by atoms with Crippen molar-refractivity contribution in [1.82, 2.24) is 14.5 Å². The maximum atomic E-state index is 12.4. The summed E-state index contributed by atoms with van der Waals surface area (Å²) in [6.07, 6.45) is 1.86. The van der Waals surface area contributed by atoms with Crippen LogP contribution in [-0.2, 0) is 31.9 Å². The molecule has 4 nitrogen and oxygen atoms in total. The van der Waals surface area contributed by atoms with Gasteiger partial charge in [0.1, 0.15) is 11.6 Å². The predicted octanol–water partition coefficient (Wildman–Crippen LogP) is 16.0. The summed E-state index contributed by atoms with van der Waals surface area (Å²) in [7, 11) is 0. The molecule has 0 saturated heterocycles. The van der Waals surface area contributed by atoms with Gasteiger partial charge in [0.05, 0.1) is 16.6 Å². The first-order chi connectivity index (χ1) is 30.9. The zero-order valence-electron chi connectivity index (χ0n) is 39.7. The van der Waals surface area contributed by atoms with Crippen molar-refractivity contribution in [2.45, 2.75) is 79.0 Å². The SMILES string of the molecule is [2H]C(C)(C)c1ccc(-c2ccnc(-c3[c-]c(-c4cccc5c4nc(-c4cc(C(C)(C)C)cc(C(C)(C)C)c4O)n5-c4cc(C)cc(-c5ccccc5)c4)cc(-c4ccccc4)c3)c2)cc1.[Pt]. The van der Waals surface area contributed by atoms with Crippen LogP contribution in [0.15, 0.2) is 164 Å². The number of imidazole rings is 1. The third-order valence-corrected chi connectivity index (χ3v) is 12.2. The minimum atomic E-state index is -0.679. The van der Waals surface area contributed by atoms with E-state index in [2.05, 4.69) is 186 Å². The topological polar surface area (TPSA) is 50.9 Å². The van der Waals surface area contributed by atoms with Crippen molar-refractivity contribution in [3.05, 3.63) is 192 Å². The van der Waals surface area contributed by atoms with Gasteiger partial charge in [-0.25, -0.2) is 4.98 Å². The van der Waals surface area contributed by atoms with Crippen LogP contribution in [0.5, 0.6) is 5.75 Å². The number of hydrogen-bond acceptors (Lipinski definition) is 3. The molecular formula is C60H56N3OPt-. The molecule has 0 saturated carbocycles. The molecule has 9 rings (SSSR count). The van der Waals surface area contributed by atoms with Crippen molar-refractivity contribution in [3.63, 3.8) is 0 Å². The number of fused-ring (bicyclic) bond motifs is 1. The van der Waals surface area contributed by atoms with Gasteiger partial charge in [0.25, 0.3) is 0 Å². The number of phenolic OH excluding ortho intramolecular Hbond substituents is 1. The van der Waals surface area contributed by atoms with Gasteiger partial charge in [-0.2, -0.15) is 0 Å². The van der Waals surface area contributed by atoms with Crippen LogP contribution in [0.25, 0.3) is 83.9 Å². The van der Waals surface area contributed by atoms with Gasteiger partial charge < -0.3 is 5.11 Å². The first-order valence-electron chi connectivity index (χ1n) is 22.7. The summed E-state index contributed by atoms with van der Waals surface area (Å²) in [5, 5.41) is 12.4. The molecule has 0 amide bonds. The minimum Gasteiger partial charge on any atom is -0.507 e. The number of benzene rings is 7. The van der Waals surface area contributed by atoms with Crippen molar-refractivity contribution in [1.29, 1.82) is 0 Å². The number of aromatic nitrogens is 3. The van der Waals surface area contributed by atoms with Crippen molar-refractivity contribution < 1.29 is 27.5 Å². The molecule has 65 heavy (non-hydrogen) atoms. The van der Waals surface area contributed by atoms with E-state index in [0.717, 1.165) is 94.7 Å². The fourth-order valence-electron chi connectivity index (χ4n) is 8.66. The van der Waals surface area contributed by atoms with Crippen molar-refractivity contribution in [3.8, 4) is 78.6 Å². The summed E-state index contributed by atoms with van der Waals surface area (Å²) in [5.41, 5.74) is 16.9. The maximum Gasteiger partial charge on any atom is 0.148 e. The number of phenols is 1. The number of para-hydroxylation sites is 1. The van der Waals surface area contributed by atoms with E-state index in [0.29, 0.717) is 11.4 Å². The van der Waals surface area contributed by atoms with Crippen molar-refractivity contribution in [2.75, 3.05) is 0 Å². The van der Waals surface area contributed by atoms with E-state index in [1.54, 1.807) is 0 Å². The van der Waals surface area contributed by atoms with E-state index >= 15 is 0 Å². The van der Waals surface area contributed by atoms with Crippen molar-refractivity contribution in [2.24, 2.45) is 0 Å². The Morgan fingerprint density at radius 3 is 1.86 bits per heavy atom. The van der Waals surface area contributed by atoms with Gasteiger partial charge in [-0.3, -0.25) is 9.55 Å². The molecule has 0 fully saturated rings. The van der Waals surface area contributed by atoms with Crippen LogP contribution in [-0.4, -0.2) is 19.6 Å². The van der Waals surface area contributed by atoms with Crippen LogP contribution < -0.4 is 0 Å². The molecule has 0 unspecified atom stereocenters. The fourth-order valence-corrected chi connectivity index (χ4v) is 8.66. The van der Waals surface area contributed by atoms with Crippen LogP contribution in [0.3, 0.4) is 0 Å². The van der Waals surface area contributed by atoms with Crippen LogP contribution in [0.4, 0.5) is 0 Å². The second-order valence-electron chi connectivity index (χ2n) is 19.4. The number of aryl methyl sites for hydroxylation is 1. The van der Waals surface area contributed by atoms with Crippen molar-refractivity contribution >= 4 is 11.0 Å². The molecule has 0 bridgehead atoms. The van der Waals surface area contributed by atoms with Crippen LogP contribution in [0.2, 0.25) is 0 Å². The molecule has 0 aliphatic carbocycles. The minimum absolute atomic E-state index is 0. The summed E-state index contributed by atoms with van der Waals surface area (Å²) >= 11 is 0. The van der Waals surface area contributed by atoms with E-state index in [-0.39, 0.29) is 37.6 Å². The summed E-state index contributed by atoms with van der Waals surface area (Å²) in [6, 6.07) is 58.8. The third-order valence-electron chi connectivity index (χ3n) is 12.2. The fraction of sp³-hybridized carbons (Fsp3) is 0.200. The molecule has 0 atom stereocenters. The smallest absolute Gasteiger partial charge is 0.148 e. The molecule has 2 heterocycles. The number of hydrogen-bond donors (Lipinski definition) is 1. The van der Waals surface area contributed by atoms with Crippen LogP contribution in [0.1, 0.15) is 84.9 Å². The Morgan fingerprint density at radius 2 is 1.23 bits per heavy atom. The Hall–Kier alpha value is -6.35. The number of nitrogens with zero attached hydrogens (tertiary/aromatic N) is 3. The van der Waals surface area contributed by atoms with E-state index in [9.17, 15) is 5.11 Å². The van der Waals surface area contributed by atoms with Gasteiger partial charge >= 0.3 is 0 Å². The predicted molar refractivity (Wildman–Crippen MR) is 268 cm³/mol. The first-order valence-corrected chi connectivity index (χ1v) is 22.2. The Labute approximate surface area is 400 Å². The van der Waals surface area contributed by atoms with Gasteiger partial charge in [0.2, 0.25) is 0 Å². The molecule has 0 aliphatic rings. The second kappa shape index (κ2) is 17.9. The monoisotopic (exact) mass is 1030 g/mol. The number of pyridine rings is 1. The van der Waals surface area contributed by atoms with Gasteiger partial charge in [-0.15, -0.1) is 23.8 Å². The normalized spacial score (nSPS) is 12.2. The first kappa shape index (κ1) is 43.9. The van der Waals surface area contributed by atoms with Crippen LogP contribution >= 0.6 is 0 Å². The molecule has 328 valence electrons. The summed E-state index contributed by atoms with van der Waals surface area (Å²) in [6.45, 7) is 19.1. The average Bonchev–Trinajstić information content (AvgIpc) is 3.68. The summed E-state index contributed by atoms with van der Waals surface area (Å²) in [5.74, 6) is 0.227. The zero-order valence-corrected chi connectivity index (χ0v) is 41.0. The molecular weight excluding hydrogens is 974 g/mol. The standard InChI is InChI=1S/C60H56N3O.Pt/c1-38(2)40-23-25-43(26-24-40)44-27-28-61-54(35-44)48-32-46(42-19-14-11-15-20-42)31-47(33-48)51-21-16-22-55-56(51)62-58(52-36-49(59(4,5)6)37-53(57(52)64)60(7,8)9)63(55)50-30-39(3)29-45(34-50)41-17-12-10-13-18-41;/h10-32,34-38,64H,1-9H3;/q-1;/i38D;.